The van der Waals surface area contributed by atoms with Crippen molar-refractivity contribution < 1.29 is 28.8 Å². The maximum Gasteiger partial charge on any atom is 0.509 e. The Morgan fingerprint density at radius 3 is 2.55 bits per heavy atom. The molecule has 0 aromatic carbocycles. The number of fused-ring (bicyclic) bond motifs is 1. The Kier molecular flexibility index (Phi) is 2.73. The summed E-state index contributed by atoms with van der Waals surface area (Å²) in [5.74, 6) is 0. The molecule has 0 aromatic rings. The van der Waals surface area contributed by atoms with Crippen LogP contribution in [0.25, 0.3) is 0 Å². The largest absolute Gasteiger partial charge is 0.509 e. The molecule has 0 aromatic heterocycles. The van der Waals surface area contributed by atoms with E-state index in [2.05, 4.69) is 0 Å². The van der Waals surface area contributed by atoms with Crippen molar-refractivity contribution in [2.75, 3.05) is 0 Å². The number of aliphatic hydroxyl groups is 1. The molecule has 6 atom stereocenters. The molecule has 0 unspecified atom stereocenters. The van der Waals surface area contributed by atoms with Crippen LogP contribution in [-0.2, 0) is 18.9 Å². The van der Waals surface area contributed by atoms with Crippen molar-refractivity contribution in [2.45, 2.75) is 82.3 Å². The van der Waals surface area contributed by atoms with Crippen LogP contribution in [0, 0.1) is 0 Å². The second-order valence-corrected chi connectivity index (χ2v) is 7.35. The minimum Gasteiger partial charge on any atom is -0.429 e. The van der Waals surface area contributed by atoms with Crippen LogP contribution in [0.2, 0.25) is 0 Å². The summed E-state index contributed by atoms with van der Waals surface area (Å²) < 4.78 is 22.2. The average molecular weight is 286 g/mol. The molecule has 0 spiro atoms. The van der Waals surface area contributed by atoms with E-state index in [0.717, 1.165) is 0 Å². The van der Waals surface area contributed by atoms with Crippen LogP contribution in [0.5, 0.6) is 0 Å². The number of hydrogen-bond acceptors (Lipinski definition) is 6. The summed E-state index contributed by atoms with van der Waals surface area (Å²) in [4.78, 5) is 11.8. The molecule has 0 radical (unpaired) electrons. The van der Waals surface area contributed by atoms with E-state index in [-0.39, 0.29) is 12.2 Å². The van der Waals surface area contributed by atoms with Crippen molar-refractivity contribution in [3.63, 3.8) is 0 Å². The molecule has 6 nitrogen and oxygen atoms in total. The van der Waals surface area contributed by atoms with E-state index in [1.165, 1.54) is 0 Å². The highest BCUT2D eigenvalue weighted by atomic mass is 16.8. The smallest absolute Gasteiger partial charge is 0.429 e. The third kappa shape index (κ3) is 1.85. The zero-order chi connectivity index (χ0) is 14.9. The number of hydrogen-bond donors (Lipinski definition) is 1. The third-order valence-electron chi connectivity index (χ3n) is 4.37. The van der Waals surface area contributed by atoms with Crippen LogP contribution in [-0.4, -0.2) is 52.5 Å². The highest BCUT2D eigenvalue weighted by Gasteiger charge is 2.75. The number of ether oxygens (including phenoxy) is 4. The molecule has 3 rings (SSSR count). The second kappa shape index (κ2) is 3.87. The molecule has 0 amide bonds. The molecular formula is C14H22O6. The van der Waals surface area contributed by atoms with E-state index in [0.29, 0.717) is 6.42 Å². The van der Waals surface area contributed by atoms with Crippen LogP contribution in [0.15, 0.2) is 0 Å². The summed E-state index contributed by atoms with van der Waals surface area (Å²) >= 11 is 0. The summed E-state index contributed by atoms with van der Waals surface area (Å²) in [7, 11) is 0. The van der Waals surface area contributed by atoms with Crippen molar-refractivity contribution in [3.05, 3.63) is 0 Å². The van der Waals surface area contributed by atoms with Crippen LogP contribution < -0.4 is 0 Å². The van der Waals surface area contributed by atoms with E-state index in [1.807, 2.05) is 13.8 Å². The highest BCUT2D eigenvalue weighted by molar-refractivity contribution is 5.61. The van der Waals surface area contributed by atoms with Crippen LogP contribution in [0.4, 0.5) is 4.79 Å². The molecule has 3 fully saturated rings. The van der Waals surface area contributed by atoms with Gasteiger partial charge in [0.05, 0.1) is 5.60 Å². The molecule has 20 heavy (non-hydrogen) atoms. The zero-order valence-electron chi connectivity index (χ0n) is 12.5. The first-order valence-corrected chi connectivity index (χ1v) is 6.98. The van der Waals surface area contributed by atoms with Crippen LogP contribution in [0.1, 0.15) is 41.0 Å². The number of aliphatic hydroxyl groups excluding tert-OH is 1. The van der Waals surface area contributed by atoms with Gasteiger partial charge in [0.15, 0.2) is 0 Å². The second-order valence-electron chi connectivity index (χ2n) is 7.35. The summed E-state index contributed by atoms with van der Waals surface area (Å²) in [5.41, 5.74) is -1.92. The van der Waals surface area contributed by atoms with Gasteiger partial charge in [-0.15, -0.1) is 0 Å². The molecular weight excluding hydrogens is 264 g/mol. The predicted molar refractivity (Wildman–Crippen MR) is 68.3 cm³/mol. The maximum absolute atomic E-state index is 11.8. The fraction of sp³-hybridized carbons (Fsp3) is 0.929. The molecule has 114 valence electrons. The van der Waals surface area contributed by atoms with Gasteiger partial charge in [-0.2, -0.15) is 0 Å². The zero-order valence-corrected chi connectivity index (χ0v) is 12.5. The van der Waals surface area contributed by atoms with Gasteiger partial charge >= 0.3 is 6.16 Å². The van der Waals surface area contributed by atoms with E-state index < -0.39 is 35.2 Å². The SMILES string of the molecule is CC(C)(C)OC(=O)O[C@H]1C[C@]2(C)O[C@@]3(C)[C@@H]1O[C@@H]3[C@H]2O. The van der Waals surface area contributed by atoms with Gasteiger partial charge in [0.25, 0.3) is 0 Å². The monoisotopic (exact) mass is 286 g/mol. The third-order valence-corrected chi connectivity index (χ3v) is 4.37. The van der Waals surface area contributed by atoms with Gasteiger partial charge in [0.2, 0.25) is 0 Å². The number of rotatable bonds is 1. The molecule has 6 heteroatoms. The standard InChI is InChI=1S/C14H22O6/c1-12(2,3)19-11(16)17-7-6-13(4)8(15)10-14(5,20-13)9(7)18-10/h7-10,15H,6H2,1-5H3/t7-,8+,9+,10+,13-,14-/m0/s1. The minimum absolute atomic E-state index is 0.342. The first-order chi connectivity index (χ1) is 9.05. The van der Waals surface area contributed by atoms with Gasteiger partial charge in [0, 0.05) is 6.42 Å². The predicted octanol–water partition coefficient (Wildman–Crippen LogP) is 1.39. The molecule has 3 heterocycles. The first kappa shape index (κ1) is 14.1. The minimum atomic E-state index is -0.737. The number of carbonyl (C=O) groups is 1. The van der Waals surface area contributed by atoms with Crippen LogP contribution in [0.3, 0.4) is 0 Å². The summed E-state index contributed by atoms with van der Waals surface area (Å²) in [6.45, 7) is 9.07. The van der Waals surface area contributed by atoms with Crippen molar-refractivity contribution >= 4 is 6.16 Å². The van der Waals surface area contributed by atoms with Gasteiger partial charge in [0.1, 0.15) is 35.6 Å². The van der Waals surface area contributed by atoms with Crippen molar-refractivity contribution in [1.29, 1.82) is 0 Å². The topological polar surface area (TPSA) is 74.2 Å². The average Bonchev–Trinajstić information content (AvgIpc) is 2.32. The summed E-state index contributed by atoms with van der Waals surface area (Å²) in [6, 6.07) is 0. The Hall–Kier alpha value is -0.850. The molecule has 2 bridgehead atoms. The Morgan fingerprint density at radius 1 is 1.30 bits per heavy atom. The fourth-order valence-electron chi connectivity index (χ4n) is 3.53. The van der Waals surface area contributed by atoms with E-state index in [1.54, 1.807) is 20.8 Å². The Labute approximate surface area is 118 Å². The van der Waals surface area contributed by atoms with Crippen molar-refractivity contribution in [1.82, 2.24) is 0 Å². The normalized spacial score (nSPS) is 49.5. The van der Waals surface area contributed by atoms with Gasteiger partial charge in [-0.25, -0.2) is 4.79 Å². The molecule has 3 aliphatic heterocycles. The molecule has 1 N–H and O–H groups in total. The maximum atomic E-state index is 11.8. The Bertz CT molecular complexity index is 435. The summed E-state index contributed by atoms with van der Waals surface area (Å²) in [5, 5.41) is 10.2. The lowest BCUT2D eigenvalue weighted by Crippen LogP contribution is -2.69. The summed E-state index contributed by atoms with van der Waals surface area (Å²) in [6.07, 6.45) is -2.14. The van der Waals surface area contributed by atoms with E-state index >= 15 is 0 Å². The lowest BCUT2D eigenvalue weighted by Gasteiger charge is -2.53. The molecule has 0 saturated carbocycles. The molecule has 3 aliphatic rings. The van der Waals surface area contributed by atoms with Gasteiger partial charge < -0.3 is 24.1 Å². The lowest BCUT2D eigenvalue weighted by atomic mass is 9.83. The fourth-order valence-corrected chi connectivity index (χ4v) is 3.53. The Balaban J connectivity index is 1.73. The van der Waals surface area contributed by atoms with Crippen LogP contribution >= 0.6 is 0 Å². The highest BCUT2D eigenvalue weighted by Crippen LogP contribution is 2.57. The van der Waals surface area contributed by atoms with Gasteiger partial charge in [-0.05, 0) is 34.6 Å². The van der Waals surface area contributed by atoms with E-state index in [4.69, 9.17) is 18.9 Å². The number of carbonyl (C=O) groups excluding carboxylic acids is 1. The van der Waals surface area contributed by atoms with Gasteiger partial charge in [-0.1, -0.05) is 0 Å². The molecule has 0 aliphatic carbocycles. The molecule has 3 saturated heterocycles. The first-order valence-electron chi connectivity index (χ1n) is 6.98. The Morgan fingerprint density at radius 2 is 1.95 bits per heavy atom. The quantitative estimate of drug-likeness (QED) is 0.734. The van der Waals surface area contributed by atoms with Gasteiger partial charge in [-0.3, -0.25) is 0 Å². The lowest BCUT2D eigenvalue weighted by molar-refractivity contribution is -0.325. The van der Waals surface area contributed by atoms with Crippen molar-refractivity contribution in [2.24, 2.45) is 0 Å². The van der Waals surface area contributed by atoms with Crippen molar-refractivity contribution in [3.8, 4) is 0 Å². The van der Waals surface area contributed by atoms with E-state index in [9.17, 15) is 9.90 Å².